The Morgan fingerprint density at radius 3 is 1.46 bits per heavy atom. The largest absolute Gasteiger partial charge is 0.469 e. The van der Waals surface area contributed by atoms with Crippen molar-refractivity contribution in [1.29, 1.82) is 0 Å². The lowest BCUT2D eigenvalue weighted by atomic mass is 9.89. The Kier molecular flexibility index (Phi) is 20.3. The van der Waals surface area contributed by atoms with Gasteiger partial charge in [-0.15, -0.1) is 0 Å². The van der Waals surface area contributed by atoms with E-state index in [9.17, 15) is 38.4 Å². The average molecular weight is 1010 g/mol. The molecule has 0 bridgehead atoms. The zero-order chi connectivity index (χ0) is 53.3. The number of Topliss-reactive ketones (excluding diaryl/α,β-unsaturated/α-hetero) is 2. The van der Waals surface area contributed by atoms with Crippen LogP contribution in [0, 0.1) is 58.2 Å². The molecule has 3 saturated heterocycles. The van der Waals surface area contributed by atoms with Crippen LogP contribution in [0.5, 0.6) is 0 Å². The second-order valence-corrected chi connectivity index (χ2v) is 24.5. The maximum Gasteiger partial charge on any atom is 0.309 e. The van der Waals surface area contributed by atoms with Gasteiger partial charge in [0.2, 0.25) is 11.8 Å². The van der Waals surface area contributed by atoms with Crippen LogP contribution in [0.4, 0.5) is 0 Å². The van der Waals surface area contributed by atoms with E-state index < -0.39 is 58.9 Å². The third-order valence-corrected chi connectivity index (χ3v) is 16.0. The molecule has 0 N–H and O–H groups in total. The predicted molar refractivity (Wildman–Crippen MR) is 268 cm³/mol. The summed E-state index contributed by atoms with van der Waals surface area (Å²) in [4.78, 5) is 109. The van der Waals surface area contributed by atoms with E-state index in [1.807, 2.05) is 12.2 Å². The number of carbonyl (C=O) groups excluding carboxylic acids is 8. The van der Waals surface area contributed by atoms with Gasteiger partial charge in [-0.25, -0.2) is 0 Å². The van der Waals surface area contributed by atoms with Crippen molar-refractivity contribution in [3.05, 3.63) is 12.2 Å². The van der Waals surface area contributed by atoms with Crippen molar-refractivity contribution in [3.8, 4) is 0 Å². The van der Waals surface area contributed by atoms with Crippen LogP contribution in [0.1, 0.15) is 159 Å². The van der Waals surface area contributed by atoms with Crippen LogP contribution in [0.2, 0.25) is 0 Å². The van der Waals surface area contributed by atoms with E-state index in [2.05, 4.69) is 27.7 Å². The number of ketones is 2. The molecule has 2 saturated carbocycles. The minimum Gasteiger partial charge on any atom is -0.469 e. The predicted octanol–water partition coefficient (Wildman–Crippen LogP) is 7.65. The number of carbonyl (C=O) groups is 8. The molecule has 10 atom stereocenters. The maximum absolute atomic E-state index is 13.8. The van der Waals surface area contributed by atoms with Crippen molar-refractivity contribution in [2.24, 2.45) is 58.2 Å². The molecule has 2 aliphatic carbocycles. The molecule has 0 radical (unpaired) electrons. The van der Waals surface area contributed by atoms with Crippen molar-refractivity contribution in [3.63, 3.8) is 0 Å². The van der Waals surface area contributed by atoms with Crippen molar-refractivity contribution in [2.45, 2.75) is 182 Å². The molecule has 406 valence electrons. The minimum absolute atomic E-state index is 0.0319. The molecule has 0 aromatic rings. The highest BCUT2D eigenvalue weighted by molar-refractivity contribution is 5.95. The lowest BCUT2D eigenvalue weighted by molar-refractivity contribution is -0.160. The van der Waals surface area contributed by atoms with Gasteiger partial charge in [-0.1, -0.05) is 72.0 Å². The van der Waals surface area contributed by atoms with E-state index in [0.717, 1.165) is 51.4 Å². The van der Waals surface area contributed by atoms with Crippen LogP contribution in [-0.2, 0) is 66.8 Å². The summed E-state index contributed by atoms with van der Waals surface area (Å²) in [5.41, 5.74) is -1.39. The van der Waals surface area contributed by atoms with Crippen molar-refractivity contribution in [1.82, 2.24) is 9.80 Å². The minimum atomic E-state index is -0.742. The first kappa shape index (κ1) is 58.7. The molecule has 16 heteroatoms. The Labute approximate surface area is 429 Å². The maximum atomic E-state index is 13.8. The number of methoxy groups -OCH3 is 2. The quantitative estimate of drug-likeness (QED) is 0.143. The standard InChI is InChI=1S/C28H45NO7.C28H43NO7/c2*1-27(2,3)36-22(31)15-19-17-35-13-11-9-7-8-10-12-18(26(33)34-6)14-21(30)24-23-20(28(23,4)5)16-29(24)25(19)32/h18-20,23-24H,7-17H2,1-6H3;9,11,18-20,23-24H,7-8,10,12-17H2,1-6H3/t2*18-,19+,20+,23+,24-/m11/s1. The molecule has 5 fully saturated rings. The molecule has 0 spiro atoms. The summed E-state index contributed by atoms with van der Waals surface area (Å²) >= 11 is 0. The van der Waals surface area contributed by atoms with E-state index in [1.165, 1.54) is 14.2 Å². The summed E-state index contributed by atoms with van der Waals surface area (Å²) in [5.74, 6) is -4.20. The third kappa shape index (κ3) is 15.4. The Bertz CT molecular complexity index is 1980. The number of piperidine rings is 2. The fourth-order valence-electron chi connectivity index (χ4n) is 12.0. The van der Waals surface area contributed by atoms with Crippen LogP contribution >= 0.6 is 0 Å². The summed E-state index contributed by atoms with van der Waals surface area (Å²) in [6, 6.07) is -1.18. The van der Waals surface area contributed by atoms with Gasteiger partial charge < -0.3 is 38.2 Å². The fraction of sp³-hybridized carbons (Fsp3) is 0.821. The van der Waals surface area contributed by atoms with Gasteiger partial charge in [0.25, 0.3) is 0 Å². The monoisotopic (exact) mass is 1010 g/mol. The van der Waals surface area contributed by atoms with E-state index in [1.54, 1.807) is 51.3 Å². The van der Waals surface area contributed by atoms with Crippen LogP contribution in [0.15, 0.2) is 12.2 Å². The van der Waals surface area contributed by atoms with Crippen LogP contribution in [-0.4, -0.2) is 134 Å². The summed E-state index contributed by atoms with van der Waals surface area (Å²) < 4.78 is 32.6. The van der Waals surface area contributed by atoms with Gasteiger partial charge in [-0.05, 0) is 108 Å². The number of ether oxygens (including phenoxy) is 6. The Morgan fingerprint density at radius 2 is 1.01 bits per heavy atom. The van der Waals surface area contributed by atoms with E-state index in [0.29, 0.717) is 39.1 Å². The van der Waals surface area contributed by atoms with Crippen molar-refractivity contribution >= 4 is 47.3 Å². The summed E-state index contributed by atoms with van der Waals surface area (Å²) in [5, 5.41) is 0. The van der Waals surface area contributed by atoms with Crippen molar-refractivity contribution < 1.29 is 66.8 Å². The second-order valence-electron chi connectivity index (χ2n) is 24.5. The molecule has 0 aromatic heterocycles. The highest BCUT2D eigenvalue weighted by Crippen LogP contribution is 2.66. The molecule has 6 aliphatic rings. The van der Waals surface area contributed by atoms with E-state index in [4.69, 9.17) is 28.4 Å². The van der Waals surface area contributed by atoms with Crippen LogP contribution < -0.4 is 0 Å². The Balaban J connectivity index is 0.000000267. The number of hydrogen-bond donors (Lipinski definition) is 0. The van der Waals surface area contributed by atoms with Gasteiger partial charge in [0.15, 0.2) is 11.6 Å². The highest BCUT2D eigenvalue weighted by atomic mass is 16.6. The SMILES string of the molecule is COC(=O)[C@@H]1CCCCC=CCOC[C@H](CC(=O)OC(C)(C)C)C(=O)N2C[C@H]3[C@@H]([C@H]2C(=O)C1)C3(C)C.COC(=O)[C@@H]1CCCCCCCOC[C@H](CC(=O)OC(C)(C)C)C(=O)N2C[C@H]3[C@@H]([C@H]2C(=O)C1)C3(C)C. The van der Waals surface area contributed by atoms with Gasteiger partial charge in [-0.3, -0.25) is 38.4 Å². The number of esters is 4. The number of allylic oxidation sites excluding steroid dienone is 1. The van der Waals surface area contributed by atoms with E-state index in [-0.39, 0.29) is 109 Å². The zero-order valence-corrected chi connectivity index (χ0v) is 45.7. The van der Waals surface area contributed by atoms with Gasteiger partial charge in [-0.2, -0.15) is 0 Å². The normalized spacial score (nSPS) is 31.6. The highest BCUT2D eigenvalue weighted by Gasteiger charge is 2.70. The van der Waals surface area contributed by atoms with Crippen LogP contribution in [0.3, 0.4) is 0 Å². The van der Waals surface area contributed by atoms with Crippen LogP contribution in [0.25, 0.3) is 0 Å². The fourth-order valence-corrected chi connectivity index (χ4v) is 12.0. The van der Waals surface area contributed by atoms with Gasteiger partial charge >= 0.3 is 23.9 Å². The first-order chi connectivity index (χ1) is 33.7. The number of rotatable bonds is 6. The molecule has 4 aliphatic heterocycles. The molecule has 4 heterocycles. The Morgan fingerprint density at radius 1 is 0.597 bits per heavy atom. The van der Waals surface area contributed by atoms with Gasteiger partial charge in [0.05, 0.1) is 82.6 Å². The third-order valence-electron chi connectivity index (χ3n) is 16.0. The lowest BCUT2D eigenvalue weighted by Crippen LogP contribution is -2.49. The second kappa shape index (κ2) is 24.9. The summed E-state index contributed by atoms with van der Waals surface area (Å²) in [6.45, 7) is 21.3. The molecule has 16 nitrogen and oxygen atoms in total. The first-order valence-corrected chi connectivity index (χ1v) is 26.8. The molecular weight excluding hydrogens is 925 g/mol. The molecular formula is C56H88N2O14. The van der Waals surface area contributed by atoms with E-state index >= 15 is 0 Å². The lowest BCUT2D eigenvalue weighted by Gasteiger charge is -2.33. The summed E-state index contributed by atoms with van der Waals surface area (Å²) in [6.07, 6.45) is 12.3. The van der Waals surface area contributed by atoms with Gasteiger partial charge in [0, 0.05) is 32.5 Å². The number of amides is 2. The molecule has 72 heavy (non-hydrogen) atoms. The smallest absolute Gasteiger partial charge is 0.309 e. The Hall–Kier alpha value is -4.18. The van der Waals surface area contributed by atoms with Gasteiger partial charge in [0.1, 0.15) is 11.2 Å². The first-order valence-electron chi connectivity index (χ1n) is 26.8. The zero-order valence-electron chi connectivity index (χ0n) is 45.7. The molecule has 0 aromatic carbocycles. The molecule has 0 unspecified atom stereocenters. The molecule has 6 rings (SSSR count). The summed E-state index contributed by atoms with van der Waals surface area (Å²) in [7, 11) is 2.71. The molecule has 2 amide bonds. The van der Waals surface area contributed by atoms with Crippen molar-refractivity contribution in [2.75, 3.05) is 53.7 Å². The topological polar surface area (TPSA) is 198 Å². The number of hydrogen-bond acceptors (Lipinski definition) is 14. The average Bonchev–Trinajstić information content (AvgIpc) is 3.73. The number of nitrogens with zero attached hydrogens (tertiary/aromatic N) is 2. The number of fused-ring (bicyclic) bond motifs is 6.